The highest BCUT2D eigenvalue weighted by molar-refractivity contribution is 5.86. The molecule has 0 aliphatic carbocycles. The molecule has 0 heterocycles. The van der Waals surface area contributed by atoms with Crippen molar-refractivity contribution in [2.75, 3.05) is 6.61 Å². The molecule has 2 aromatic carbocycles. The van der Waals surface area contributed by atoms with Crippen LogP contribution in [0.4, 0.5) is 0 Å². The highest BCUT2D eigenvalue weighted by atomic mass is 16.5. The van der Waals surface area contributed by atoms with Crippen LogP contribution >= 0.6 is 0 Å². The number of benzene rings is 2. The zero-order valence-electron chi connectivity index (χ0n) is 19.2. The number of carbonyl (C=O) groups excluding carboxylic acids is 2. The molecule has 0 aromatic heterocycles. The number of carbonyl (C=O) groups is 2. The second-order valence-corrected chi connectivity index (χ2v) is 9.36. The second kappa shape index (κ2) is 10.2. The van der Waals surface area contributed by atoms with Crippen LogP contribution in [0.5, 0.6) is 11.5 Å². The van der Waals surface area contributed by atoms with Gasteiger partial charge in [0.1, 0.15) is 11.5 Å². The van der Waals surface area contributed by atoms with Crippen LogP contribution in [-0.2, 0) is 15.0 Å². The predicted molar refractivity (Wildman–Crippen MR) is 123 cm³/mol. The maximum atomic E-state index is 12.0. The summed E-state index contributed by atoms with van der Waals surface area (Å²) in [6.45, 7) is 12.4. The summed E-state index contributed by atoms with van der Waals surface area (Å²) in [5, 5.41) is 3.91. The van der Waals surface area contributed by atoms with Crippen LogP contribution < -0.4 is 14.9 Å². The fourth-order valence-corrected chi connectivity index (χ4v) is 3.62. The molecule has 0 bridgehead atoms. The molecule has 0 unspecified atom stereocenters. The number of nitrogens with zero attached hydrogens (tertiary/aromatic N) is 1. The van der Waals surface area contributed by atoms with Crippen molar-refractivity contribution < 1.29 is 19.1 Å². The first-order valence-corrected chi connectivity index (χ1v) is 10.3. The first-order valence-electron chi connectivity index (χ1n) is 10.3. The molecule has 0 fully saturated rings. The summed E-state index contributed by atoms with van der Waals surface area (Å²) in [4.78, 5) is 23.2. The van der Waals surface area contributed by atoms with Gasteiger partial charge in [0.2, 0.25) is 0 Å². The third-order valence-electron chi connectivity index (χ3n) is 4.54. The van der Waals surface area contributed by atoms with E-state index in [4.69, 9.17) is 9.47 Å². The summed E-state index contributed by atoms with van der Waals surface area (Å²) in [6, 6.07) is 14.8. The van der Waals surface area contributed by atoms with Gasteiger partial charge < -0.3 is 9.47 Å². The summed E-state index contributed by atoms with van der Waals surface area (Å²) < 4.78 is 10.7. The molecule has 0 radical (unpaired) electrons. The Morgan fingerprint density at radius 2 is 1.65 bits per heavy atom. The summed E-state index contributed by atoms with van der Waals surface area (Å²) >= 11 is 0. The van der Waals surface area contributed by atoms with Crippen LogP contribution in [0.1, 0.15) is 59.1 Å². The van der Waals surface area contributed by atoms with E-state index >= 15 is 0 Å². The summed E-state index contributed by atoms with van der Waals surface area (Å²) in [5.41, 5.74) is 4.50. The lowest BCUT2D eigenvalue weighted by Gasteiger charge is -2.33. The smallest absolute Gasteiger partial charge is 0.308 e. The van der Waals surface area contributed by atoms with Gasteiger partial charge in [-0.15, -0.1) is 0 Å². The minimum Gasteiger partial charge on any atom is -0.484 e. The number of esters is 1. The van der Waals surface area contributed by atoms with Crippen molar-refractivity contribution in [3.05, 3.63) is 59.7 Å². The highest BCUT2D eigenvalue weighted by Crippen LogP contribution is 2.36. The number of hydrogen-bond acceptors (Lipinski definition) is 5. The Labute approximate surface area is 184 Å². The van der Waals surface area contributed by atoms with E-state index in [1.54, 1.807) is 24.3 Å². The maximum Gasteiger partial charge on any atom is 0.308 e. The van der Waals surface area contributed by atoms with Crippen molar-refractivity contribution in [3.8, 4) is 11.5 Å². The van der Waals surface area contributed by atoms with Gasteiger partial charge in [-0.25, -0.2) is 5.43 Å². The Hall–Kier alpha value is -3.15. The summed E-state index contributed by atoms with van der Waals surface area (Å²) in [7, 11) is 0. The van der Waals surface area contributed by atoms with Crippen molar-refractivity contribution in [2.24, 2.45) is 10.5 Å². The zero-order valence-corrected chi connectivity index (χ0v) is 19.2. The average molecular weight is 425 g/mol. The molecule has 0 spiro atoms. The minimum absolute atomic E-state index is 0.0469. The van der Waals surface area contributed by atoms with Gasteiger partial charge in [-0.3, -0.25) is 9.59 Å². The van der Waals surface area contributed by atoms with Crippen LogP contribution in [0, 0.1) is 5.41 Å². The molecule has 0 atom stereocenters. The van der Waals surface area contributed by atoms with E-state index in [0.717, 1.165) is 6.42 Å². The Balaban J connectivity index is 1.88. The third kappa shape index (κ3) is 8.24. The molecular formula is C25H32N2O4. The number of amides is 1. The number of rotatable bonds is 8. The van der Waals surface area contributed by atoms with Crippen molar-refractivity contribution in [1.29, 1.82) is 0 Å². The van der Waals surface area contributed by atoms with Gasteiger partial charge in [0.15, 0.2) is 6.61 Å². The quantitative estimate of drug-likeness (QED) is 0.284. The molecule has 0 aliphatic heterocycles. The third-order valence-corrected chi connectivity index (χ3v) is 4.54. The summed E-state index contributed by atoms with van der Waals surface area (Å²) in [5.74, 6) is 0.179. The van der Waals surface area contributed by atoms with Crippen LogP contribution in [0.25, 0.3) is 0 Å². The van der Waals surface area contributed by atoms with Gasteiger partial charge in [0.25, 0.3) is 5.91 Å². The first kappa shape index (κ1) is 24.1. The Kier molecular flexibility index (Phi) is 7.97. The van der Waals surface area contributed by atoms with Gasteiger partial charge in [0, 0.05) is 12.5 Å². The number of nitrogens with one attached hydrogen (secondary N) is 1. The second-order valence-electron chi connectivity index (χ2n) is 9.36. The molecule has 2 rings (SSSR count). The van der Waals surface area contributed by atoms with E-state index in [-0.39, 0.29) is 17.4 Å². The molecule has 6 heteroatoms. The molecule has 6 nitrogen and oxygen atoms in total. The molecule has 31 heavy (non-hydrogen) atoms. The monoisotopic (exact) mass is 424 g/mol. The lowest BCUT2D eigenvalue weighted by atomic mass is 9.72. The van der Waals surface area contributed by atoms with Gasteiger partial charge in [-0.05, 0) is 47.1 Å². The van der Waals surface area contributed by atoms with Gasteiger partial charge in [0.05, 0.1) is 6.21 Å². The molecule has 1 N–H and O–H groups in total. The molecule has 0 saturated carbocycles. The SMILES string of the molecule is CC(=O)Oc1ccccc1C=NNC(=O)COc1ccc(C(C)(C)CC(C)(C)C)cc1. The number of hydrazone groups is 1. The van der Waals surface area contributed by atoms with Crippen molar-refractivity contribution >= 4 is 18.1 Å². The molecule has 0 saturated heterocycles. The molecule has 2 aromatic rings. The molecular weight excluding hydrogens is 392 g/mol. The lowest BCUT2D eigenvalue weighted by Crippen LogP contribution is -2.25. The molecule has 166 valence electrons. The molecule has 1 amide bonds. The van der Waals surface area contributed by atoms with Crippen LogP contribution in [0.15, 0.2) is 53.6 Å². The van der Waals surface area contributed by atoms with E-state index in [1.807, 2.05) is 24.3 Å². The fourth-order valence-electron chi connectivity index (χ4n) is 3.62. The lowest BCUT2D eigenvalue weighted by molar-refractivity contribution is -0.132. The predicted octanol–water partition coefficient (Wildman–Crippen LogP) is 4.85. The highest BCUT2D eigenvalue weighted by Gasteiger charge is 2.27. The van der Waals surface area contributed by atoms with Crippen molar-refractivity contribution in [2.45, 2.75) is 53.4 Å². The van der Waals surface area contributed by atoms with Crippen molar-refractivity contribution in [3.63, 3.8) is 0 Å². The average Bonchev–Trinajstić information content (AvgIpc) is 2.66. The van der Waals surface area contributed by atoms with Gasteiger partial charge in [-0.2, -0.15) is 5.10 Å². The normalized spacial score (nSPS) is 11.9. The van der Waals surface area contributed by atoms with E-state index in [2.05, 4.69) is 45.1 Å². The zero-order chi connectivity index (χ0) is 23.1. The first-order chi connectivity index (χ1) is 14.5. The number of ether oxygens (including phenoxy) is 2. The number of para-hydroxylation sites is 1. The van der Waals surface area contributed by atoms with Crippen LogP contribution in [0.2, 0.25) is 0 Å². The summed E-state index contributed by atoms with van der Waals surface area (Å²) in [6.07, 6.45) is 2.48. The van der Waals surface area contributed by atoms with E-state index in [9.17, 15) is 9.59 Å². The maximum absolute atomic E-state index is 12.0. The Morgan fingerprint density at radius 1 is 1.00 bits per heavy atom. The van der Waals surface area contributed by atoms with Gasteiger partial charge >= 0.3 is 5.97 Å². The van der Waals surface area contributed by atoms with E-state index in [0.29, 0.717) is 17.1 Å². The fraction of sp³-hybridized carbons (Fsp3) is 0.400. The van der Waals surface area contributed by atoms with E-state index in [1.165, 1.54) is 18.7 Å². The minimum atomic E-state index is -0.425. The Bertz CT molecular complexity index is 925. The Morgan fingerprint density at radius 3 is 2.26 bits per heavy atom. The topological polar surface area (TPSA) is 77.0 Å². The van der Waals surface area contributed by atoms with Crippen molar-refractivity contribution in [1.82, 2.24) is 5.43 Å². The standard InChI is InChI=1S/C25H32N2O4/c1-18(28)31-22-10-8-7-9-19(22)15-26-27-23(29)16-30-21-13-11-20(12-14-21)25(5,6)17-24(2,3)4/h7-15H,16-17H2,1-6H3,(H,27,29). The van der Waals surface area contributed by atoms with Crippen LogP contribution in [0.3, 0.4) is 0 Å². The molecule has 0 aliphatic rings. The van der Waals surface area contributed by atoms with Gasteiger partial charge in [-0.1, -0.05) is 58.9 Å². The van der Waals surface area contributed by atoms with Crippen LogP contribution in [-0.4, -0.2) is 24.7 Å². The largest absolute Gasteiger partial charge is 0.484 e. The van der Waals surface area contributed by atoms with E-state index < -0.39 is 11.9 Å². The number of hydrogen-bond donors (Lipinski definition) is 1.